The van der Waals surface area contributed by atoms with Crippen LogP contribution in [0.2, 0.25) is 0 Å². The quantitative estimate of drug-likeness (QED) is 0.854. The first-order valence-electron chi connectivity index (χ1n) is 5.72. The molecule has 0 unspecified atom stereocenters. The average molecular weight is 261 g/mol. The Morgan fingerprint density at radius 1 is 1.11 bits per heavy atom. The van der Waals surface area contributed by atoms with Crippen molar-refractivity contribution in [2.75, 3.05) is 13.2 Å². The number of halogens is 3. The van der Waals surface area contributed by atoms with Crippen molar-refractivity contribution < 1.29 is 18.3 Å². The van der Waals surface area contributed by atoms with E-state index in [1.54, 1.807) is 0 Å². The lowest BCUT2D eigenvalue weighted by atomic mass is 9.95. The molecule has 0 bridgehead atoms. The molecular formula is C13H18F3NO. The highest BCUT2D eigenvalue weighted by atomic mass is 19.4. The number of hydrogen-bond acceptors (Lipinski definition) is 2. The zero-order chi connectivity index (χ0) is 13.8. The minimum Gasteiger partial charge on any atom is -0.396 e. The van der Waals surface area contributed by atoms with Crippen LogP contribution in [0.3, 0.4) is 0 Å². The molecule has 0 aromatic heterocycles. The van der Waals surface area contributed by atoms with Crippen LogP contribution in [-0.4, -0.2) is 18.3 Å². The third-order valence-electron chi connectivity index (χ3n) is 2.64. The van der Waals surface area contributed by atoms with E-state index in [-0.39, 0.29) is 12.0 Å². The molecule has 0 fully saturated rings. The van der Waals surface area contributed by atoms with Crippen LogP contribution in [-0.2, 0) is 12.7 Å². The van der Waals surface area contributed by atoms with Crippen LogP contribution in [0.15, 0.2) is 24.3 Å². The molecule has 102 valence electrons. The highest BCUT2D eigenvalue weighted by molar-refractivity contribution is 5.24. The minimum atomic E-state index is -4.29. The fraction of sp³-hybridized carbons (Fsp3) is 0.538. The van der Waals surface area contributed by atoms with E-state index < -0.39 is 11.7 Å². The van der Waals surface area contributed by atoms with E-state index in [0.29, 0.717) is 13.1 Å². The maximum atomic E-state index is 12.3. The number of hydrogen-bond donors (Lipinski definition) is 2. The molecule has 2 N–H and O–H groups in total. The van der Waals surface area contributed by atoms with Crippen molar-refractivity contribution >= 4 is 0 Å². The van der Waals surface area contributed by atoms with Gasteiger partial charge >= 0.3 is 6.18 Å². The van der Waals surface area contributed by atoms with Crippen molar-refractivity contribution in [3.8, 4) is 0 Å². The van der Waals surface area contributed by atoms with E-state index in [0.717, 1.165) is 17.7 Å². The molecule has 0 saturated carbocycles. The number of alkyl halides is 3. The molecule has 0 atom stereocenters. The van der Waals surface area contributed by atoms with Gasteiger partial charge in [0.1, 0.15) is 0 Å². The van der Waals surface area contributed by atoms with Gasteiger partial charge in [0.25, 0.3) is 0 Å². The Balaban J connectivity index is 2.50. The molecule has 1 rings (SSSR count). The van der Waals surface area contributed by atoms with Crippen molar-refractivity contribution in [3.05, 3.63) is 35.4 Å². The van der Waals surface area contributed by atoms with E-state index in [4.69, 9.17) is 5.11 Å². The molecule has 18 heavy (non-hydrogen) atoms. The topological polar surface area (TPSA) is 32.3 Å². The van der Waals surface area contributed by atoms with Crippen molar-refractivity contribution in [2.24, 2.45) is 5.41 Å². The largest absolute Gasteiger partial charge is 0.416 e. The molecule has 0 saturated heterocycles. The molecule has 0 amide bonds. The van der Waals surface area contributed by atoms with Crippen LogP contribution in [0.25, 0.3) is 0 Å². The molecule has 1 aromatic rings. The fourth-order valence-electron chi connectivity index (χ4n) is 1.41. The smallest absolute Gasteiger partial charge is 0.396 e. The van der Waals surface area contributed by atoms with Crippen LogP contribution < -0.4 is 5.32 Å². The lowest BCUT2D eigenvalue weighted by Crippen LogP contribution is -2.31. The van der Waals surface area contributed by atoms with E-state index in [1.165, 1.54) is 12.1 Å². The Morgan fingerprint density at radius 3 is 2.11 bits per heavy atom. The highest BCUT2D eigenvalue weighted by Gasteiger charge is 2.29. The van der Waals surface area contributed by atoms with Gasteiger partial charge in [-0.15, -0.1) is 0 Å². The Morgan fingerprint density at radius 2 is 1.67 bits per heavy atom. The van der Waals surface area contributed by atoms with Crippen molar-refractivity contribution in [1.29, 1.82) is 0 Å². The third-order valence-corrected chi connectivity index (χ3v) is 2.64. The fourth-order valence-corrected chi connectivity index (χ4v) is 1.41. The standard InChI is InChI=1S/C13H18F3NO/c1-12(2,9-18)8-17-7-10-3-5-11(6-4-10)13(14,15)16/h3-6,17-18H,7-9H2,1-2H3. The first-order valence-corrected chi connectivity index (χ1v) is 5.72. The highest BCUT2D eigenvalue weighted by Crippen LogP contribution is 2.29. The zero-order valence-electron chi connectivity index (χ0n) is 10.5. The summed E-state index contributed by atoms with van der Waals surface area (Å²) in [7, 11) is 0. The van der Waals surface area contributed by atoms with Crippen molar-refractivity contribution in [1.82, 2.24) is 5.32 Å². The lowest BCUT2D eigenvalue weighted by molar-refractivity contribution is -0.137. The predicted octanol–water partition coefficient (Wildman–Crippen LogP) is 2.81. The molecule has 0 spiro atoms. The molecule has 1 aromatic carbocycles. The summed E-state index contributed by atoms with van der Waals surface area (Å²) in [4.78, 5) is 0. The summed E-state index contributed by atoms with van der Waals surface area (Å²) in [5.41, 5.74) is -0.0787. The maximum Gasteiger partial charge on any atom is 0.416 e. The number of nitrogens with one attached hydrogen (secondary N) is 1. The van der Waals surface area contributed by atoms with Crippen molar-refractivity contribution in [3.63, 3.8) is 0 Å². The SMILES string of the molecule is CC(C)(CO)CNCc1ccc(C(F)(F)F)cc1. The molecule has 2 nitrogen and oxygen atoms in total. The van der Waals surface area contributed by atoms with Gasteiger partial charge in [0.15, 0.2) is 0 Å². The number of benzene rings is 1. The van der Waals surface area contributed by atoms with E-state index in [1.807, 2.05) is 13.8 Å². The summed E-state index contributed by atoms with van der Waals surface area (Å²) in [6.07, 6.45) is -4.29. The van der Waals surface area contributed by atoms with Crippen LogP contribution in [0.4, 0.5) is 13.2 Å². The molecule has 0 heterocycles. The summed E-state index contributed by atoms with van der Waals surface area (Å²) in [5.74, 6) is 0. The Labute approximate surface area is 105 Å². The number of aliphatic hydroxyl groups excluding tert-OH is 1. The molecule has 0 radical (unpaired) electrons. The summed E-state index contributed by atoms with van der Waals surface area (Å²) < 4.78 is 37.0. The van der Waals surface area contributed by atoms with Gasteiger partial charge in [-0.05, 0) is 17.7 Å². The number of aliphatic hydroxyl groups is 1. The minimum absolute atomic E-state index is 0.0625. The molecule has 5 heteroatoms. The molecular weight excluding hydrogens is 243 g/mol. The summed E-state index contributed by atoms with van der Waals surface area (Å²) in [6.45, 7) is 4.97. The van der Waals surface area contributed by atoms with Crippen LogP contribution in [0, 0.1) is 5.41 Å². The lowest BCUT2D eigenvalue weighted by Gasteiger charge is -2.22. The van der Waals surface area contributed by atoms with E-state index in [9.17, 15) is 13.2 Å². The Bertz CT molecular complexity index is 371. The first-order chi connectivity index (χ1) is 8.24. The first kappa shape index (κ1) is 15.0. The van der Waals surface area contributed by atoms with Gasteiger partial charge in [-0.1, -0.05) is 26.0 Å². The third kappa shape index (κ3) is 4.66. The van der Waals surface area contributed by atoms with Gasteiger partial charge in [-0.25, -0.2) is 0 Å². The van der Waals surface area contributed by atoms with Crippen molar-refractivity contribution in [2.45, 2.75) is 26.6 Å². The molecule has 0 aliphatic carbocycles. The average Bonchev–Trinajstić information content (AvgIpc) is 2.28. The monoisotopic (exact) mass is 261 g/mol. The Hall–Kier alpha value is -1.07. The second kappa shape index (κ2) is 5.71. The van der Waals surface area contributed by atoms with Gasteiger partial charge in [-0.3, -0.25) is 0 Å². The number of rotatable bonds is 5. The summed E-state index contributed by atoms with van der Waals surface area (Å²) in [6, 6.07) is 5.08. The van der Waals surface area contributed by atoms with E-state index >= 15 is 0 Å². The van der Waals surface area contributed by atoms with Gasteiger partial charge in [0.2, 0.25) is 0 Å². The second-order valence-corrected chi connectivity index (χ2v) is 5.12. The normalized spacial score (nSPS) is 12.8. The Kier molecular flexibility index (Phi) is 4.76. The maximum absolute atomic E-state index is 12.3. The zero-order valence-corrected chi connectivity index (χ0v) is 10.5. The van der Waals surface area contributed by atoms with Gasteiger partial charge in [-0.2, -0.15) is 13.2 Å². The van der Waals surface area contributed by atoms with Gasteiger partial charge in [0.05, 0.1) is 5.56 Å². The van der Waals surface area contributed by atoms with Gasteiger partial charge in [0, 0.05) is 25.1 Å². The van der Waals surface area contributed by atoms with Crippen LogP contribution in [0.5, 0.6) is 0 Å². The van der Waals surface area contributed by atoms with Gasteiger partial charge < -0.3 is 10.4 Å². The van der Waals surface area contributed by atoms with Crippen LogP contribution in [0.1, 0.15) is 25.0 Å². The molecule has 0 aliphatic heterocycles. The van der Waals surface area contributed by atoms with Crippen LogP contribution >= 0.6 is 0 Å². The molecule has 0 aliphatic rings. The predicted molar refractivity (Wildman–Crippen MR) is 64.0 cm³/mol. The summed E-state index contributed by atoms with van der Waals surface area (Å²) in [5, 5.41) is 12.2. The van der Waals surface area contributed by atoms with E-state index in [2.05, 4.69) is 5.32 Å². The second-order valence-electron chi connectivity index (χ2n) is 5.12. The summed E-state index contributed by atoms with van der Waals surface area (Å²) >= 11 is 0.